The second-order valence-electron chi connectivity index (χ2n) is 3.84. The molecule has 1 unspecified atom stereocenters. The van der Waals surface area contributed by atoms with Crippen molar-refractivity contribution in [1.29, 1.82) is 0 Å². The van der Waals surface area contributed by atoms with Crippen LogP contribution in [-0.4, -0.2) is 24.6 Å². The van der Waals surface area contributed by atoms with E-state index < -0.39 is 0 Å². The van der Waals surface area contributed by atoms with Gasteiger partial charge >= 0.3 is 0 Å². The maximum Gasteiger partial charge on any atom is 0.168 e. The molecule has 16 heavy (non-hydrogen) atoms. The summed E-state index contributed by atoms with van der Waals surface area (Å²) in [5.74, 6) is 0.470. The third kappa shape index (κ3) is 2.61. The highest BCUT2D eigenvalue weighted by atomic mass is 16.5. The fraction of sp³-hybridized carbons (Fsp3) is 0.462. The molecule has 3 nitrogen and oxygen atoms in total. The summed E-state index contributed by atoms with van der Waals surface area (Å²) < 4.78 is 5.13. The molecule has 0 aliphatic heterocycles. The Kier molecular flexibility index (Phi) is 4.50. The highest BCUT2D eigenvalue weighted by Gasteiger charge is 2.17. The summed E-state index contributed by atoms with van der Waals surface area (Å²) in [6.07, 6.45) is 0.653. The van der Waals surface area contributed by atoms with Crippen LogP contribution < -0.4 is 4.74 Å². The van der Waals surface area contributed by atoms with Crippen molar-refractivity contribution in [3.63, 3.8) is 0 Å². The highest BCUT2D eigenvalue weighted by Crippen LogP contribution is 2.21. The molecule has 0 bridgehead atoms. The normalized spacial score (nSPS) is 12.2. The molecule has 0 saturated heterocycles. The summed E-state index contributed by atoms with van der Waals surface area (Å²) in [6, 6.07) is 5.33. The van der Waals surface area contributed by atoms with Crippen LogP contribution in [0, 0.1) is 12.8 Å². The molecule has 0 spiro atoms. The fourth-order valence-corrected chi connectivity index (χ4v) is 1.66. The van der Waals surface area contributed by atoms with Crippen LogP contribution in [0.1, 0.15) is 29.3 Å². The van der Waals surface area contributed by atoms with Gasteiger partial charge in [-0.1, -0.05) is 6.92 Å². The van der Waals surface area contributed by atoms with Crippen molar-refractivity contribution < 1.29 is 14.6 Å². The Morgan fingerprint density at radius 3 is 2.62 bits per heavy atom. The van der Waals surface area contributed by atoms with Gasteiger partial charge in [0.05, 0.1) is 13.7 Å². The molecule has 0 aliphatic carbocycles. The van der Waals surface area contributed by atoms with Crippen molar-refractivity contribution in [3.05, 3.63) is 29.3 Å². The van der Waals surface area contributed by atoms with Gasteiger partial charge in [-0.05, 0) is 37.1 Å². The summed E-state index contributed by atoms with van der Waals surface area (Å²) in [4.78, 5) is 12.0. The van der Waals surface area contributed by atoms with Gasteiger partial charge in [-0.3, -0.25) is 4.79 Å². The minimum Gasteiger partial charge on any atom is -0.496 e. The van der Waals surface area contributed by atoms with Crippen LogP contribution in [0.4, 0.5) is 0 Å². The van der Waals surface area contributed by atoms with Gasteiger partial charge in [-0.25, -0.2) is 0 Å². The number of carbonyl (C=O) groups is 1. The first kappa shape index (κ1) is 12.7. The van der Waals surface area contributed by atoms with Crippen molar-refractivity contribution in [3.8, 4) is 5.75 Å². The summed E-state index contributed by atoms with van der Waals surface area (Å²) in [5.41, 5.74) is 1.57. The molecule has 0 amide bonds. The zero-order chi connectivity index (χ0) is 12.1. The van der Waals surface area contributed by atoms with E-state index in [9.17, 15) is 4.79 Å². The molecule has 3 heteroatoms. The molecule has 88 valence electrons. The minimum atomic E-state index is -0.298. The predicted molar refractivity (Wildman–Crippen MR) is 62.9 cm³/mol. The number of Topliss-reactive ketones (excluding diaryl/α,β-unsaturated/α-hetero) is 1. The minimum absolute atomic E-state index is 0.00393. The van der Waals surface area contributed by atoms with Crippen LogP contribution in [0.25, 0.3) is 0 Å². The number of hydrogen-bond donors (Lipinski definition) is 1. The Bertz CT molecular complexity index is 367. The van der Waals surface area contributed by atoms with Crippen LogP contribution in [0.15, 0.2) is 18.2 Å². The first-order chi connectivity index (χ1) is 7.63. The number of ether oxygens (including phenoxy) is 1. The molecule has 1 aromatic rings. The van der Waals surface area contributed by atoms with E-state index in [1.54, 1.807) is 25.3 Å². The number of rotatable bonds is 5. The highest BCUT2D eigenvalue weighted by molar-refractivity contribution is 5.98. The lowest BCUT2D eigenvalue weighted by molar-refractivity contribution is 0.0856. The second kappa shape index (κ2) is 5.66. The van der Waals surface area contributed by atoms with E-state index in [2.05, 4.69) is 0 Å². The SMILES string of the molecule is CCC(CO)C(=O)c1ccc(OC)c(C)c1. The van der Waals surface area contributed by atoms with Crippen molar-refractivity contribution in [2.24, 2.45) is 5.92 Å². The molecule has 0 aliphatic rings. The lowest BCUT2D eigenvalue weighted by atomic mass is 9.95. The summed E-state index contributed by atoms with van der Waals surface area (Å²) in [7, 11) is 1.60. The Morgan fingerprint density at radius 1 is 1.50 bits per heavy atom. The van der Waals surface area contributed by atoms with Crippen LogP contribution >= 0.6 is 0 Å². The molecule has 0 fully saturated rings. The van der Waals surface area contributed by atoms with Crippen molar-refractivity contribution >= 4 is 5.78 Å². The number of aliphatic hydroxyl groups excluding tert-OH is 1. The number of methoxy groups -OCH3 is 1. The standard InChI is InChI=1S/C13H18O3/c1-4-10(8-14)13(15)11-5-6-12(16-3)9(2)7-11/h5-7,10,14H,4,8H2,1-3H3. The van der Waals surface area contributed by atoms with Crippen LogP contribution in [0.5, 0.6) is 5.75 Å². The molecule has 0 radical (unpaired) electrons. The Hall–Kier alpha value is -1.35. The van der Waals surface area contributed by atoms with Gasteiger partial charge in [-0.15, -0.1) is 0 Å². The van der Waals surface area contributed by atoms with Gasteiger partial charge in [0.2, 0.25) is 0 Å². The van der Waals surface area contributed by atoms with E-state index in [4.69, 9.17) is 9.84 Å². The molecule has 0 saturated carbocycles. The summed E-state index contributed by atoms with van der Waals surface area (Å²) >= 11 is 0. The molecular formula is C13H18O3. The third-order valence-corrected chi connectivity index (χ3v) is 2.76. The molecule has 1 rings (SSSR count). The van der Waals surface area contributed by atoms with Crippen molar-refractivity contribution in [1.82, 2.24) is 0 Å². The maximum atomic E-state index is 12.0. The first-order valence-electron chi connectivity index (χ1n) is 5.43. The van der Waals surface area contributed by atoms with Crippen molar-refractivity contribution in [2.75, 3.05) is 13.7 Å². The molecule has 1 N–H and O–H groups in total. The van der Waals surface area contributed by atoms with Crippen LogP contribution in [0.3, 0.4) is 0 Å². The first-order valence-corrected chi connectivity index (χ1v) is 5.43. The summed E-state index contributed by atoms with van der Waals surface area (Å²) in [5, 5.41) is 9.08. The zero-order valence-electron chi connectivity index (χ0n) is 9.99. The topological polar surface area (TPSA) is 46.5 Å². The Labute approximate surface area is 96.1 Å². The van der Waals surface area contributed by atoms with Gasteiger partial charge in [0.25, 0.3) is 0 Å². The van der Waals surface area contributed by atoms with Gasteiger partial charge in [0.15, 0.2) is 5.78 Å². The van der Waals surface area contributed by atoms with Crippen LogP contribution in [-0.2, 0) is 0 Å². The lowest BCUT2D eigenvalue weighted by Gasteiger charge is -2.12. The van der Waals surface area contributed by atoms with Gasteiger partial charge in [-0.2, -0.15) is 0 Å². The molecular weight excluding hydrogens is 204 g/mol. The van der Waals surface area contributed by atoms with Gasteiger partial charge in [0.1, 0.15) is 5.75 Å². The zero-order valence-corrected chi connectivity index (χ0v) is 9.99. The number of carbonyl (C=O) groups excluding carboxylic acids is 1. The average Bonchev–Trinajstić information content (AvgIpc) is 2.30. The van der Waals surface area contributed by atoms with Gasteiger partial charge < -0.3 is 9.84 Å². The number of aryl methyl sites for hydroxylation is 1. The monoisotopic (exact) mass is 222 g/mol. The molecule has 1 aromatic carbocycles. The Morgan fingerprint density at radius 2 is 2.19 bits per heavy atom. The van der Waals surface area contributed by atoms with E-state index in [0.29, 0.717) is 12.0 Å². The van der Waals surface area contributed by atoms with E-state index in [-0.39, 0.29) is 18.3 Å². The smallest absolute Gasteiger partial charge is 0.168 e. The quantitative estimate of drug-likeness (QED) is 0.777. The average molecular weight is 222 g/mol. The number of ketones is 1. The maximum absolute atomic E-state index is 12.0. The molecule has 0 aromatic heterocycles. The third-order valence-electron chi connectivity index (χ3n) is 2.76. The van der Waals surface area contributed by atoms with E-state index in [0.717, 1.165) is 11.3 Å². The fourth-order valence-electron chi connectivity index (χ4n) is 1.66. The van der Waals surface area contributed by atoms with E-state index in [1.807, 2.05) is 13.8 Å². The largest absolute Gasteiger partial charge is 0.496 e. The van der Waals surface area contributed by atoms with Crippen molar-refractivity contribution in [2.45, 2.75) is 20.3 Å². The summed E-state index contributed by atoms with van der Waals surface area (Å²) in [6.45, 7) is 3.70. The van der Waals surface area contributed by atoms with Gasteiger partial charge in [0, 0.05) is 11.5 Å². The molecule has 0 heterocycles. The number of aliphatic hydroxyl groups is 1. The predicted octanol–water partition coefficient (Wildman–Crippen LogP) is 2.20. The number of hydrogen-bond acceptors (Lipinski definition) is 3. The Balaban J connectivity index is 2.96. The van der Waals surface area contributed by atoms with E-state index in [1.165, 1.54) is 0 Å². The van der Waals surface area contributed by atoms with Crippen LogP contribution in [0.2, 0.25) is 0 Å². The lowest BCUT2D eigenvalue weighted by Crippen LogP contribution is -2.17. The molecule has 1 atom stereocenters. The number of benzene rings is 1. The van der Waals surface area contributed by atoms with E-state index >= 15 is 0 Å². The second-order valence-corrected chi connectivity index (χ2v) is 3.84.